The second-order valence-corrected chi connectivity index (χ2v) is 7.61. The molecule has 0 radical (unpaired) electrons. The van der Waals surface area contributed by atoms with Crippen LogP contribution in [0, 0.1) is 0 Å². The van der Waals surface area contributed by atoms with Crippen LogP contribution in [0.25, 0.3) is 0 Å². The van der Waals surface area contributed by atoms with E-state index < -0.39 is 10.0 Å². The summed E-state index contributed by atoms with van der Waals surface area (Å²) < 4.78 is 31.6. The highest BCUT2D eigenvalue weighted by Crippen LogP contribution is 2.30. The van der Waals surface area contributed by atoms with E-state index in [1.807, 2.05) is 12.1 Å². The molecule has 2 saturated heterocycles. The van der Waals surface area contributed by atoms with Crippen LogP contribution in [0.3, 0.4) is 0 Å². The third-order valence-electron chi connectivity index (χ3n) is 4.13. The Hall–Kier alpha value is -1.02. The van der Waals surface area contributed by atoms with Gasteiger partial charge < -0.3 is 4.74 Å². The van der Waals surface area contributed by atoms with Gasteiger partial charge in [-0.1, -0.05) is 0 Å². The molecule has 0 unspecified atom stereocenters. The predicted octanol–water partition coefficient (Wildman–Crippen LogP) is 0.363. The minimum atomic E-state index is -3.22. The highest BCUT2D eigenvalue weighted by atomic mass is 32.2. The molecule has 1 aromatic heterocycles. The van der Waals surface area contributed by atoms with Crippen LogP contribution in [0.5, 0.6) is 0 Å². The average Bonchev–Trinajstić information content (AvgIpc) is 2.77. The highest BCUT2D eigenvalue weighted by Gasteiger charge is 2.44. The molecule has 0 amide bonds. The zero-order valence-electron chi connectivity index (χ0n) is 12.1. The molecule has 3 heterocycles. The molecule has 0 saturated carbocycles. The Morgan fingerprint density at radius 1 is 1.43 bits per heavy atom. The largest absolute Gasteiger partial charge is 0.375 e. The van der Waals surface area contributed by atoms with Crippen LogP contribution in [0.1, 0.15) is 18.4 Å². The van der Waals surface area contributed by atoms with Gasteiger partial charge in [-0.2, -0.15) is 0 Å². The van der Waals surface area contributed by atoms with Gasteiger partial charge in [-0.3, -0.25) is 9.88 Å². The lowest BCUT2D eigenvalue weighted by Gasteiger charge is -2.32. The lowest BCUT2D eigenvalue weighted by atomic mass is 10.0. The number of nitrogens with zero attached hydrogens (tertiary/aromatic N) is 2. The fourth-order valence-corrected chi connectivity index (χ4v) is 4.10. The van der Waals surface area contributed by atoms with E-state index in [0.717, 1.165) is 19.4 Å². The normalized spacial score (nSPS) is 30.2. The summed E-state index contributed by atoms with van der Waals surface area (Å²) in [5.74, 6) is 0. The maximum atomic E-state index is 11.5. The molecule has 1 N–H and O–H groups in total. The van der Waals surface area contributed by atoms with Gasteiger partial charge in [-0.15, -0.1) is 0 Å². The van der Waals surface area contributed by atoms with Crippen molar-refractivity contribution < 1.29 is 13.2 Å². The topological polar surface area (TPSA) is 71.5 Å². The van der Waals surface area contributed by atoms with Gasteiger partial charge >= 0.3 is 0 Å². The van der Waals surface area contributed by atoms with Gasteiger partial charge in [0.1, 0.15) is 0 Å². The Morgan fingerprint density at radius 3 is 2.90 bits per heavy atom. The van der Waals surface area contributed by atoms with Gasteiger partial charge in [0.05, 0.1) is 18.4 Å². The van der Waals surface area contributed by atoms with E-state index in [4.69, 9.17) is 4.74 Å². The standard InChI is InChI=1S/C14H21N3O3S/c1-21(18,19)16-12-10-17(9-11-4-6-15-7-5-11)13-3-2-8-20-14(12)13/h4-7,12-14,16H,2-3,8-10H2,1H3/t12-,13+,14+/m0/s1. The van der Waals surface area contributed by atoms with Crippen LogP contribution < -0.4 is 4.72 Å². The maximum absolute atomic E-state index is 11.5. The zero-order valence-corrected chi connectivity index (χ0v) is 12.9. The monoisotopic (exact) mass is 311 g/mol. The highest BCUT2D eigenvalue weighted by molar-refractivity contribution is 7.88. The van der Waals surface area contributed by atoms with Gasteiger partial charge in [-0.05, 0) is 30.5 Å². The second-order valence-electron chi connectivity index (χ2n) is 5.83. The molecule has 2 aliphatic rings. The molecule has 2 fully saturated rings. The van der Waals surface area contributed by atoms with Gasteiger partial charge in [0.15, 0.2) is 0 Å². The van der Waals surface area contributed by atoms with Crippen LogP contribution in [-0.4, -0.2) is 55.9 Å². The van der Waals surface area contributed by atoms with Crippen LogP contribution in [0.15, 0.2) is 24.5 Å². The fraction of sp³-hybridized carbons (Fsp3) is 0.643. The quantitative estimate of drug-likeness (QED) is 0.869. The number of ether oxygens (including phenoxy) is 1. The summed E-state index contributed by atoms with van der Waals surface area (Å²) in [5, 5.41) is 0. The number of hydrogen-bond acceptors (Lipinski definition) is 5. The minimum absolute atomic E-state index is 0.0460. The van der Waals surface area contributed by atoms with Gasteiger partial charge in [-0.25, -0.2) is 13.1 Å². The first-order chi connectivity index (χ1) is 10.0. The average molecular weight is 311 g/mol. The summed E-state index contributed by atoms with van der Waals surface area (Å²) in [5.41, 5.74) is 1.19. The zero-order chi connectivity index (χ0) is 14.9. The minimum Gasteiger partial charge on any atom is -0.375 e. The van der Waals surface area contributed by atoms with Crippen LogP contribution in [0.2, 0.25) is 0 Å². The van der Waals surface area contributed by atoms with Crippen LogP contribution in [-0.2, 0) is 21.3 Å². The van der Waals surface area contributed by atoms with Gasteiger partial charge in [0.25, 0.3) is 0 Å². The third-order valence-corrected chi connectivity index (χ3v) is 4.86. The molecule has 0 aromatic carbocycles. The molecular formula is C14H21N3O3S. The third kappa shape index (κ3) is 3.60. The number of sulfonamides is 1. The molecule has 6 nitrogen and oxygen atoms in total. The summed E-state index contributed by atoms with van der Waals surface area (Å²) in [6.45, 7) is 2.20. The fourth-order valence-electron chi connectivity index (χ4n) is 3.34. The van der Waals surface area contributed by atoms with Crippen molar-refractivity contribution >= 4 is 10.0 Å². The Bertz CT molecular complexity index is 578. The number of likely N-dealkylation sites (tertiary alicyclic amines) is 1. The van der Waals surface area contributed by atoms with Crippen molar-refractivity contribution in [2.45, 2.75) is 37.6 Å². The second kappa shape index (κ2) is 6.00. The Kier molecular flexibility index (Phi) is 4.26. The van der Waals surface area contributed by atoms with Crippen molar-refractivity contribution in [3.8, 4) is 0 Å². The Labute approximate surface area is 125 Å². The molecule has 7 heteroatoms. The van der Waals surface area contributed by atoms with E-state index in [2.05, 4.69) is 14.6 Å². The number of pyridine rings is 1. The molecule has 0 aliphatic carbocycles. The number of fused-ring (bicyclic) bond motifs is 1. The molecule has 2 aliphatic heterocycles. The number of hydrogen-bond donors (Lipinski definition) is 1. The van der Waals surface area contributed by atoms with E-state index in [0.29, 0.717) is 13.2 Å². The smallest absolute Gasteiger partial charge is 0.209 e. The molecule has 21 heavy (non-hydrogen) atoms. The molecule has 0 spiro atoms. The van der Waals surface area contributed by atoms with Crippen molar-refractivity contribution in [3.05, 3.63) is 30.1 Å². The van der Waals surface area contributed by atoms with Crippen molar-refractivity contribution in [2.75, 3.05) is 19.4 Å². The first-order valence-corrected chi connectivity index (χ1v) is 9.14. The van der Waals surface area contributed by atoms with Crippen molar-refractivity contribution in [1.29, 1.82) is 0 Å². The lowest BCUT2D eigenvalue weighted by molar-refractivity contribution is -0.0193. The van der Waals surface area contributed by atoms with Gasteiger partial charge in [0.2, 0.25) is 10.0 Å². The van der Waals surface area contributed by atoms with Crippen molar-refractivity contribution in [1.82, 2.24) is 14.6 Å². The summed E-state index contributed by atoms with van der Waals surface area (Å²) in [4.78, 5) is 6.35. The molecule has 116 valence electrons. The number of aromatic nitrogens is 1. The number of rotatable bonds is 4. The SMILES string of the molecule is CS(=O)(=O)N[C@H]1CN(Cc2ccncc2)[C@@H]2CCCO[C@H]12. The number of nitrogens with one attached hydrogen (secondary N) is 1. The van der Waals surface area contributed by atoms with E-state index in [1.165, 1.54) is 11.8 Å². The Balaban J connectivity index is 1.75. The first-order valence-electron chi connectivity index (χ1n) is 7.25. The van der Waals surface area contributed by atoms with E-state index >= 15 is 0 Å². The first kappa shape index (κ1) is 14.9. The van der Waals surface area contributed by atoms with E-state index in [1.54, 1.807) is 12.4 Å². The Morgan fingerprint density at radius 2 is 2.19 bits per heavy atom. The van der Waals surface area contributed by atoms with Crippen molar-refractivity contribution in [2.24, 2.45) is 0 Å². The van der Waals surface area contributed by atoms with E-state index in [-0.39, 0.29) is 18.2 Å². The molecule has 3 rings (SSSR count). The summed E-state index contributed by atoms with van der Waals surface area (Å²) in [6, 6.07) is 4.12. The van der Waals surface area contributed by atoms with Crippen LogP contribution in [0.4, 0.5) is 0 Å². The lowest BCUT2D eigenvalue weighted by Crippen LogP contribution is -2.47. The summed E-state index contributed by atoms with van der Waals surface area (Å²) in [7, 11) is -3.22. The molecule has 1 aromatic rings. The molecule has 3 atom stereocenters. The van der Waals surface area contributed by atoms with Crippen molar-refractivity contribution in [3.63, 3.8) is 0 Å². The summed E-state index contributed by atoms with van der Waals surface area (Å²) >= 11 is 0. The summed E-state index contributed by atoms with van der Waals surface area (Å²) in [6.07, 6.45) is 6.81. The maximum Gasteiger partial charge on any atom is 0.209 e. The van der Waals surface area contributed by atoms with E-state index in [9.17, 15) is 8.42 Å². The van der Waals surface area contributed by atoms with Gasteiger partial charge in [0, 0.05) is 38.1 Å². The predicted molar refractivity (Wildman–Crippen MR) is 79.2 cm³/mol. The van der Waals surface area contributed by atoms with Crippen LogP contribution >= 0.6 is 0 Å². The molecule has 0 bridgehead atoms. The molecular weight excluding hydrogens is 290 g/mol.